The molecule has 5 heteroatoms. The van der Waals surface area contributed by atoms with E-state index in [9.17, 15) is 4.79 Å². The summed E-state index contributed by atoms with van der Waals surface area (Å²) in [6, 6.07) is 12.0. The van der Waals surface area contributed by atoms with E-state index in [1.807, 2.05) is 41.3 Å². The van der Waals surface area contributed by atoms with Crippen LogP contribution in [-0.4, -0.2) is 35.2 Å². The molecule has 0 aliphatic carbocycles. The number of benzene rings is 1. The van der Waals surface area contributed by atoms with Gasteiger partial charge in [0.15, 0.2) is 0 Å². The van der Waals surface area contributed by atoms with Crippen molar-refractivity contribution in [2.75, 3.05) is 19.4 Å². The van der Waals surface area contributed by atoms with Crippen molar-refractivity contribution in [1.82, 2.24) is 9.88 Å². The normalized spacial score (nSPS) is 17.3. The van der Waals surface area contributed by atoms with E-state index in [-0.39, 0.29) is 11.9 Å². The number of ether oxygens (including phenoxy) is 1. The molecule has 23 heavy (non-hydrogen) atoms. The van der Waals surface area contributed by atoms with Crippen LogP contribution in [0.1, 0.15) is 24.4 Å². The van der Waals surface area contributed by atoms with Crippen molar-refractivity contribution in [3.63, 3.8) is 0 Å². The predicted molar refractivity (Wildman–Crippen MR) is 91.6 cm³/mol. The molecule has 1 saturated heterocycles. The third kappa shape index (κ3) is 3.67. The van der Waals surface area contributed by atoms with Gasteiger partial charge in [0, 0.05) is 23.8 Å². The maximum atomic E-state index is 12.7. The van der Waals surface area contributed by atoms with E-state index < -0.39 is 0 Å². The molecule has 3 rings (SSSR count). The average Bonchev–Trinajstić information content (AvgIpc) is 3.10. The van der Waals surface area contributed by atoms with E-state index in [1.54, 1.807) is 19.5 Å². The topological polar surface area (TPSA) is 42.4 Å². The highest BCUT2D eigenvalue weighted by Gasteiger charge is 2.29. The van der Waals surface area contributed by atoms with Crippen LogP contribution in [0, 0.1) is 0 Å². The highest BCUT2D eigenvalue weighted by Crippen LogP contribution is 2.34. The molecular formula is C18H20N2O2S. The van der Waals surface area contributed by atoms with Gasteiger partial charge < -0.3 is 9.64 Å². The monoisotopic (exact) mass is 328 g/mol. The van der Waals surface area contributed by atoms with Gasteiger partial charge in [0.05, 0.1) is 18.9 Å². The second kappa shape index (κ2) is 7.51. The maximum absolute atomic E-state index is 12.7. The fourth-order valence-corrected chi connectivity index (χ4v) is 3.87. The number of rotatable bonds is 5. The summed E-state index contributed by atoms with van der Waals surface area (Å²) in [6.07, 6.45) is 5.66. The molecule has 0 radical (unpaired) electrons. The van der Waals surface area contributed by atoms with Crippen LogP contribution in [0.2, 0.25) is 0 Å². The summed E-state index contributed by atoms with van der Waals surface area (Å²) in [6.45, 7) is 0.832. The van der Waals surface area contributed by atoms with Crippen molar-refractivity contribution in [3.05, 3.63) is 54.4 Å². The minimum atomic E-state index is 0.181. The first kappa shape index (κ1) is 15.9. The second-order valence-corrected chi connectivity index (χ2v) is 6.48. The van der Waals surface area contributed by atoms with Crippen LogP contribution >= 0.6 is 11.8 Å². The summed E-state index contributed by atoms with van der Waals surface area (Å²) in [5, 5.41) is 0. The van der Waals surface area contributed by atoms with E-state index >= 15 is 0 Å². The van der Waals surface area contributed by atoms with Gasteiger partial charge in [0.2, 0.25) is 5.91 Å². The molecule has 1 aliphatic heterocycles. The number of aromatic nitrogens is 1. The zero-order valence-corrected chi connectivity index (χ0v) is 14.0. The Hall–Kier alpha value is -2.01. The Balaban J connectivity index is 1.66. The molecule has 0 saturated carbocycles. The molecule has 1 amide bonds. The van der Waals surface area contributed by atoms with Crippen molar-refractivity contribution in [2.24, 2.45) is 0 Å². The molecule has 4 nitrogen and oxygen atoms in total. The number of hydrogen-bond donors (Lipinski definition) is 0. The molecule has 1 aromatic heterocycles. The van der Waals surface area contributed by atoms with Gasteiger partial charge in [-0.25, -0.2) is 0 Å². The van der Waals surface area contributed by atoms with Gasteiger partial charge in [0.1, 0.15) is 5.75 Å². The SMILES string of the molecule is COc1ccccc1SCC(=O)N1CCCC1c1ccncc1. The molecule has 2 heterocycles. The number of carbonyl (C=O) groups excluding carboxylic acids is 1. The molecule has 1 atom stereocenters. The van der Waals surface area contributed by atoms with Crippen LogP contribution in [0.15, 0.2) is 53.7 Å². The molecule has 1 aliphatic rings. The third-order valence-corrected chi connectivity index (χ3v) is 5.12. The molecule has 120 valence electrons. The quantitative estimate of drug-likeness (QED) is 0.787. The maximum Gasteiger partial charge on any atom is 0.233 e. The third-order valence-electron chi connectivity index (χ3n) is 4.08. The van der Waals surface area contributed by atoms with E-state index in [0.29, 0.717) is 5.75 Å². The summed E-state index contributed by atoms with van der Waals surface area (Å²) in [5.41, 5.74) is 1.17. The largest absolute Gasteiger partial charge is 0.496 e. The number of para-hydroxylation sites is 1. The van der Waals surface area contributed by atoms with E-state index in [1.165, 1.54) is 17.3 Å². The zero-order valence-electron chi connectivity index (χ0n) is 13.1. The van der Waals surface area contributed by atoms with Crippen molar-refractivity contribution in [1.29, 1.82) is 0 Å². The van der Waals surface area contributed by atoms with Crippen molar-refractivity contribution in [3.8, 4) is 5.75 Å². The lowest BCUT2D eigenvalue weighted by molar-refractivity contribution is -0.129. The van der Waals surface area contributed by atoms with Gasteiger partial charge in [-0.15, -0.1) is 11.8 Å². The average molecular weight is 328 g/mol. The van der Waals surface area contributed by atoms with Crippen molar-refractivity contribution >= 4 is 17.7 Å². The predicted octanol–water partition coefficient (Wildman–Crippen LogP) is 3.55. The summed E-state index contributed by atoms with van der Waals surface area (Å²) >= 11 is 1.54. The molecule has 2 aromatic rings. The summed E-state index contributed by atoms with van der Waals surface area (Å²) < 4.78 is 5.34. The van der Waals surface area contributed by atoms with Gasteiger partial charge in [-0.2, -0.15) is 0 Å². The minimum Gasteiger partial charge on any atom is -0.496 e. The smallest absolute Gasteiger partial charge is 0.233 e. The van der Waals surface area contributed by atoms with Crippen LogP contribution in [-0.2, 0) is 4.79 Å². The number of hydrogen-bond acceptors (Lipinski definition) is 4. The standard InChI is InChI=1S/C18H20N2O2S/c1-22-16-6-2-3-7-17(16)23-13-18(21)20-12-4-5-15(20)14-8-10-19-11-9-14/h2-3,6-11,15H,4-5,12-13H2,1H3. The Labute approximate surface area is 140 Å². The van der Waals surface area contributed by atoms with Gasteiger partial charge in [-0.1, -0.05) is 12.1 Å². The highest BCUT2D eigenvalue weighted by molar-refractivity contribution is 8.00. The van der Waals surface area contributed by atoms with Crippen LogP contribution in [0.4, 0.5) is 0 Å². The minimum absolute atomic E-state index is 0.181. The zero-order chi connectivity index (χ0) is 16.1. The molecular weight excluding hydrogens is 308 g/mol. The first-order valence-electron chi connectivity index (χ1n) is 7.75. The Kier molecular flexibility index (Phi) is 5.18. The summed E-state index contributed by atoms with van der Waals surface area (Å²) in [5.74, 6) is 1.43. The molecule has 1 aromatic carbocycles. The summed E-state index contributed by atoms with van der Waals surface area (Å²) in [4.78, 5) is 19.7. The number of carbonyl (C=O) groups is 1. The molecule has 0 bridgehead atoms. The van der Waals surface area contributed by atoms with Gasteiger partial charge in [0.25, 0.3) is 0 Å². The van der Waals surface area contributed by atoms with Crippen molar-refractivity contribution in [2.45, 2.75) is 23.8 Å². The Bertz CT molecular complexity index is 663. The number of amides is 1. The molecule has 0 N–H and O–H groups in total. The van der Waals surface area contributed by atoms with Crippen LogP contribution in [0.3, 0.4) is 0 Å². The fourth-order valence-electron chi connectivity index (χ4n) is 2.96. The number of thioether (sulfide) groups is 1. The Morgan fingerprint density at radius 1 is 1.30 bits per heavy atom. The Morgan fingerprint density at radius 3 is 2.87 bits per heavy atom. The molecule has 1 unspecified atom stereocenters. The van der Waals surface area contributed by atoms with Crippen LogP contribution in [0.5, 0.6) is 5.75 Å². The number of methoxy groups -OCH3 is 1. The highest BCUT2D eigenvalue weighted by atomic mass is 32.2. The van der Waals surface area contributed by atoms with E-state index in [0.717, 1.165) is 30.0 Å². The lowest BCUT2D eigenvalue weighted by Gasteiger charge is -2.25. The molecule has 1 fully saturated rings. The second-order valence-electron chi connectivity index (χ2n) is 5.47. The number of likely N-dealkylation sites (tertiary alicyclic amines) is 1. The van der Waals surface area contributed by atoms with Crippen LogP contribution < -0.4 is 4.74 Å². The van der Waals surface area contributed by atoms with Gasteiger partial charge in [-0.3, -0.25) is 9.78 Å². The summed E-state index contributed by atoms with van der Waals surface area (Å²) in [7, 11) is 1.65. The molecule has 0 spiro atoms. The van der Waals surface area contributed by atoms with Crippen molar-refractivity contribution < 1.29 is 9.53 Å². The number of nitrogens with zero attached hydrogens (tertiary/aromatic N) is 2. The number of pyridine rings is 1. The first-order chi connectivity index (χ1) is 11.3. The van der Waals surface area contributed by atoms with E-state index in [4.69, 9.17) is 4.74 Å². The fraction of sp³-hybridized carbons (Fsp3) is 0.333. The van der Waals surface area contributed by atoms with Crippen LogP contribution in [0.25, 0.3) is 0 Å². The Morgan fingerprint density at radius 2 is 2.09 bits per heavy atom. The van der Waals surface area contributed by atoms with Gasteiger partial charge >= 0.3 is 0 Å². The lowest BCUT2D eigenvalue weighted by atomic mass is 10.1. The van der Waals surface area contributed by atoms with Gasteiger partial charge in [-0.05, 0) is 42.7 Å². The lowest BCUT2D eigenvalue weighted by Crippen LogP contribution is -2.31. The van der Waals surface area contributed by atoms with E-state index in [2.05, 4.69) is 4.98 Å². The first-order valence-corrected chi connectivity index (χ1v) is 8.73.